The van der Waals surface area contributed by atoms with E-state index in [1.165, 1.54) is 21.3 Å². The summed E-state index contributed by atoms with van der Waals surface area (Å²) in [6.45, 7) is 0. The molecule has 0 radical (unpaired) electrons. The van der Waals surface area contributed by atoms with Gasteiger partial charge in [-0.05, 0) is 0 Å². The summed E-state index contributed by atoms with van der Waals surface area (Å²) < 4.78 is 9.94. The van der Waals surface area contributed by atoms with Crippen LogP contribution >= 0.6 is 0 Å². The van der Waals surface area contributed by atoms with Crippen LogP contribution in [0, 0.1) is 0 Å². The van der Waals surface area contributed by atoms with Gasteiger partial charge in [-0.3, -0.25) is 9.59 Å². The Balaban J connectivity index is 3.16. The Labute approximate surface area is 99.7 Å². The number of methoxy groups -OCH3 is 2. The third-order valence-electron chi connectivity index (χ3n) is 2.44. The number of hydrogen-bond donors (Lipinski definition) is 1. The van der Waals surface area contributed by atoms with Crippen molar-refractivity contribution in [1.82, 2.24) is 5.32 Å². The second-order valence-corrected chi connectivity index (χ2v) is 3.30. The minimum Gasteiger partial charge on any atom is -0.354 e. The second kappa shape index (κ2) is 5.56. The highest BCUT2D eigenvalue weighted by Gasteiger charge is 2.46. The Morgan fingerprint density at radius 3 is 2.06 bits per heavy atom. The minimum atomic E-state index is -1.93. The van der Waals surface area contributed by atoms with E-state index < -0.39 is 17.5 Å². The molecular formula is C12H15NO4. The SMILES string of the molecule is CNC(=O)C(OC)(OC)C(=O)c1ccccc1. The van der Waals surface area contributed by atoms with Crippen molar-refractivity contribution in [3.05, 3.63) is 35.9 Å². The molecule has 0 heterocycles. The van der Waals surface area contributed by atoms with Gasteiger partial charge in [0.25, 0.3) is 5.91 Å². The van der Waals surface area contributed by atoms with Gasteiger partial charge in [0.1, 0.15) is 0 Å². The number of ether oxygens (including phenoxy) is 2. The molecular weight excluding hydrogens is 222 g/mol. The van der Waals surface area contributed by atoms with Crippen LogP contribution < -0.4 is 5.32 Å². The molecule has 0 spiro atoms. The zero-order chi connectivity index (χ0) is 12.9. The highest BCUT2D eigenvalue weighted by molar-refractivity contribution is 6.15. The first-order valence-corrected chi connectivity index (χ1v) is 5.04. The number of nitrogens with one attached hydrogen (secondary N) is 1. The van der Waals surface area contributed by atoms with Crippen LogP contribution in [0.4, 0.5) is 0 Å². The third-order valence-corrected chi connectivity index (χ3v) is 2.44. The van der Waals surface area contributed by atoms with Gasteiger partial charge in [-0.2, -0.15) is 0 Å². The number of rotatable bonds is 5. The van der Waals surface area contributed by atoms with Crippen LogP contribution in [-0.2, 0) is 14.3 Å². The summed E-state index contributed by atoms with van der Waals surface area (Å²) in [7, 11) is 3.91. The van der Waals surface area contributed by atoms with E-state index in [-0.39, 0.29) is 0 Å². The predicted octanol–water partition coefficient (Wildman–Crippen LogP) is 0.604. The summed E-state index contributed by atoms with van der Waals surface area (Å²) in [5, 5.41) is 2.35. The molecule has 5 nitrogen and oxygen atoms in total. The quantitative estimate of drug-likeness (QED) is 0.463. The van der Waals surface area contributed by atoms with E-state index in [1.54, 1.807) is 30.3 Å². The van der Waals surface area contributed by atoms with Crippen molar-refractivity contribution in [3.8, 4) is 0 Å². The molecule has 1 aromatic carbocycles. The number of amides is 1. The van der Waals surface area contributed by atoms with Gasteiger partial charge in [0.15, 0.2) is 0 Å². The molecule has 17 heavy (non-hydrogen) atoms. The van der Waals surface area contributed by atoms with Crippen LogP contribution in [-0.4, -0.2) is 38.7 Å². The third kappa shape index (κ3) is 2.35. The van der Waals surface area contributed by atoms with Crippen LogP contribution in [0.5, 0.6) is 0 Å². The molecule has 1 N–H and O–H groups in total. The predicted molar refractivity (Wildman–Crippen MR) is 61.6 cm³/mol. The molecule has 0 fully saturated rings. The summed E-state index contributed by atoms with van der Waals surface area (Å²) in [5.41, 5.74) is 0.347. The van der Waals surface area contributed by atoms with Crippen molar-refractivity contribution in [3.63, 3.8) is 0 Å². The van der Waals surface area contributed by atoms with Gasteiger partial charge in [-0.1, -0.05) is 30.3 Å². The molecule has 0 saturated heterocycles. The van der Waals surface area contributed by atoms with E-state index in [9.17, 15) is 9.59 Å². The monoisotopic (exact) mass is 237 g/mol. The molecule has 0 unspecified atom stereocenters. The molecule has 0 saturated carbocycles. The molecule has 0 bridgehead atoms. The molecule has 1 rings (SSSR count). The van der Waals surface area contributed by atoms with Crippen molar-refractivity contribution >= 4 is 11.7 Å². The van der Waals surface area contributed by atoms with Crippen LogP contribution in [0.1, 0.15) is 10.4 Å². The molecule has 0 aromatic heterocycles. The lowest BCUT2D eigenvalue weighted by atomic mass is 10.0. The fourth-order valence-electron chi connectivity index (χ4n) is 1.50. The van der Waals surface area contributed by atoms with Crippen molar-refractivity contribution in [2.75, 3.05) is 21.3 Å². The maximum Gasteiger partial charge on any atom is 0.315 e. The van der Waals surface area contributed by atoms with Crippen molar-refractivity contribution in [2.45, 2.75) is 5.79 Å². The number of Topliss-reactive ketones (excluding diaryl/α,β-unsaturated/α-hetero) is 1. The summed E-state index contributed by atoms with van der Waals surface area (Å²) in [4.78, 5) is 23.9. The number of ketones is 1. The van der Waals surface area contributed by atoms with Crippen LogP contribution in [0.15, 0.2) is 30.3 Å². The standard InChI is InChI=1S/C12H15NO4/c1-13-11(15)12(16-2,17-3)10(14)9-7-5-4-6-8-9/h4-8H,1-3H3,(H,13,15). The Kier molecular flexibility index (Phi) is 4.37. The smallest absolute Gasteiger partial charge is 0.315 e. The Morgan fingerprint density at radius 1 is 1.12 bits per heavy atom. The fraction of sp³-hybridized carbons (Fsp3) is 0.333. The zero-order valence-corrected chi connectivity index (χ0v) is 10.0. The van der Waals surface area contributed by atoms with E-state index >= 15 is 0 Å². The number of carbonyl (C=O) groups excluding carboxylic acids is 2. The molecule has 0 atom stereocenters. The second-order valence-electron chi connectivity index (χ2n) is 3.30. The molecule has 0 aliphatic heterocycles. The molecule has 92 valence electrons. The number of likely N-dealkylation sites (N-methyl/N-ethyl adjacent to an activating group) is 1. The van der Waals surface area contributed by atoms with Gasteiger partial charge < -0.3 is 14.8 Å². The summed E-state index contributed by atoms with van der Waals surface area (Å²) in [6.07, 6.45) is 0. The van der Waals surface area contributed by atoms with E-state index in [0.29, 0.717) is 5.56 Å². The summed E-state index contributed by atoms with van der Waals surface area (Å²) in [6, 6.07) is 8.37. The zero-order valence-electron chi connectivity index (χ0n) is 10.0. The number of carbonyl (C=O) groups is 2. The van der Waals surface area contributed by atoms with Crippen molar-refractivity contribution in [1.29, 1.82) is 0 Å². The lowest BCUT2D eigenvalue weighted by Crippen LogP contribution is -2.54. The highest BCUT2D eigenvalue weighted by Crippen LogP contribution is 2.18. The van der Waals surface area contributed by atoms with Crippen LogP contribution in [0.2, 0.25) is 0 Å². The minimum absolute atomic E-state index is 0.347. The average Bonchev–Trinajstić information content (AvgIpc) is 2.41. The van der Waals surface area contributed by atoms with E-state index in [2.05, 4.69) is 5.32 Å². The average molecular weight is 237 g/mol. The first-order valence-electron chi connectivity index (χ1n) is 5.04. The Bertz CT molecular complexity index is 398. The first kappa shape index (κ1) is 13.3. The number of hydrogen-bond acceptors (Lipinski definition) is 4. The topological polar surface area (TPSA) is 64.6 Å². The largest absolute Gasteiger partial charge is 0.354 e. The molecule has 0 aliphatic rings. The van der Waals surface area contributed by atoms with Gasteiger partial charge in [0.2, 0.25) is 5.78 Å². The summed E-state index contributed by atoms with van der Waals surface area (Å²) >= 11 is 0. The first-order chi connectivity index (χ1) is 8.12. The van der Waals surface area contributed by atoms with Gasteiger partial charge >= 0.3 is 5.79 Å². The molecule has 5 heteroatoms. The van der Waals surface area contributed by atoms with Gasteiger partial charge in [-0.15, -0.1) is 0 Å². The maximum atomic E-state index is 12.2. The highest BCUT2D eigenvalue weighted by atomic mass is 16.7. The van der Waals surface area contributed by atoms with Gasteiger partial charge in [-0.25, -0.2) is 0 Å². The fourth-order valence-corrected chi connectivity index (χ4v) is 1.50. The maximum absolute atomic E-state index is 12.2. The van der Waals surface area contributed by atoms with E-state index in [0.717, 1.165) is 0 Å². The van der Waals surface area contributed by atoms with E-state index in [4.69, 9.17) is 9.47 Å². The van der Waals surface area contributed by atoms with Crippen molar-refractivity contribution in [2.24, 2.45) is 0 Å². The summed E-state index contributed by atoms with van der Waals surface area (Å²) in [5.74, 6) is -3.12. The lowest BCUT2D eigenvalue weighted by Gasteiger charge is -2.26. The molecule has 1 aromatic rings. The molecule has 0 aliphatic carbocycles. The van der Waals surface area contributed by atoms with Crippen molar-refractivity contribution < 1.29 is 19.1 Å². The Morgan fingerprint density at radius 2 is 1.65 bits per heavy atom. The Hall–Kier alpha value is -1.72. The van der Waals surface area contributed by atoms with E-state index in [1.807, 2.05) is 0 Å². The lowest BCUT2D eigenvalue weighted by molar-refractivity contribution is -0.186. The van der Waals surface area contributed by atoms with Gasteiger partial charge in [0.05, 0.1) is 0 Å². The number of benzene rings is 1. The molecule has 1 amide bonds. The van der Waals surface area contributed by atoms with Crippen LogP contribution in [0.25, 0.3) is 0 Å². The van der Waals surface area contributed by atoms with Crippen LogP contribution in [0.3, 0.4) is 0 Å². The van der Waals surface area contributed by atoms with Gasteiger partial charge in [0, 0.05) is 26.8 Å². The normalized spacial score (nSPS) is 11.0.